The Balaban J connectivity index is 1.55. The Bertz CT molecular complexity index is 1000. The molecule has 27 heavy (non-hydrogen) atoms. The number of aromatic nitrogens is 3. The first-order chi connectivity index (χ1) is 13.0. The second-order valence-electron chi connectivity index (χ2n) is 8.20. The number of hydrogen-bond donors (Lipinski definition) is 1. The highest BCUT2D eigenvalue weighted by atomic mass is 35.5. The lowest BCUT2D eigenvalue weighted by Crippen LogP contribution is -2.54. The third kappa shape index (κ3) is 2.64. The molecule has 140 valence electrons. The van der Waals surface area contributed by atoms with Gasteiger partial charge in [0, 0.05) is 27.7 Å². The monoisotopic (exact) mass is 382 g/mol. The van der Waals surface area contributed by atoms with Crippen LogP contribution in [0.2, 0.25) is 5.02 Å². The summed E-state index contributed by atoms with van der Waals surface area (Å²) in [5.41, 5.74) is 8.28. The third-order valence-corrected chi connectivity index (χ3v) is 7.02. The van der Waals surface area contributed by atoms with Crippen LogP contribution in [0.4, 0.5) is 0 Å². The Morgan fingerprint density at radius 1 is 1.00 bits per heavy atom. The van der Waals surface area contributed by atoms with Crippen LogP contribution in [0, 0.1) is 6.92 Å². The van der Waals surface area contributed by atoms with Gasteiger partial charge in [0.1, 0.15) is 11.6 Å². The van der Waals surface area contributed by atoms with Crippen LogP contribution in [0.5, 0.6) is 11.5 Å². The van der Waals surface area contributed by atoms with Crippen molar-refractivity contribution in [3.8, 4) is 11.5 Å². The summed E-state index contributed by atoms with van der Waals surface area (Å²) in [6, 6.07) is 9.59. The smallest absolute Gasteiger partial charge is 0.203 e. The van der Waals surface area contributed by atoms with Crippen molar-refractivity contribution in [2.75, 3.05) is 0 Å². The van der Waals surface area contributed by atoms with E-state index >= 15 is 0 Å². The standard InChI is InChI=1S/C21H23ClN4O/c1-14-15(22)4-2-5-16(14)27-17-6-3-13-26-18(17)24-25-19(26)20-7-10-21(23,11-8-20)12-9-20/h2-6,13H,7-12,23H2,1H3. The molecule has 0 unspecified atom stereocenters. The van der Waals surface area contributed by atoms with Crippen molar-refractivity contribution >= 4 is 17.2 Å². The van der Waals surface area contributed by atoms with Crippen LogP contribution in [0.25, 0.3) is 5.65 Å². The zero-order valence-corrected chi connectivity index (χ0v) is 16.2. The second-order valence-corrected chi connectivity index (χ2v) is 8.60. The van der Waals surface area contributed by atoms with Gasteiger partial charge in [0.2, 0.25) is 5.65 Å². The molecule has 3 fully saturated rings. The van der Waals surface area contributed by atoms with Gasteiger partial charge in [-0.05, 0) is 69.7 Å². The van der Waals surface area contributed by atoms with E-state index in [0.29, 0.717) is 10.8 Å². The van der Waals surface area contributed by atoms with Crippen molar-refractivity contribution < 1.29 is 4.74 Å². The fourth-order valence-electron chi connectivity index (χ4n) is 4.70. The third-order valence-electron chi connectivity index (χ3n) is 6.62. The van der Waals surface area contributed by atoms with Gasteiger partial charge in [0.15, 0.2) is 5.75 Å². The van der Waals surface area contributed by atoms with Crippen LogP contribution in [0.1, 0.15) is 49.9 Å². The van der Waals surface area contributed by atoms with E-state index in [9.17, 15) is 0 Å². The van der Waals surface area contributed by atoms with Gasteiger partial charge < -0.3 is 10.5 Å². The molecule has 0 atom stereocenters. The van der Waals surface area contributed by atoms with E-state index in [1.165, 1.54) is 0 Å². The highest BCUT2D eigenvalue weighted by Crippen LogP contribution is 2.52. The Morgan fingerprint density at radius 2 is 1.70 bits per heavy atom. The first kappa shape index (κ1) is 17.0. The average Bonchev–Trinajstić information content (AvgIpc) is 3.12. The van der Waals surface area contributed by atoms with E-state index in [2.05, 4.69) is 14.6 Å². The summed E-state index contributed by atoms with van der Waals surface area (Å²) in [5.74, 6) is 2.48. The lowest BCUT2D eigenvalue weighted by molar-refractivity contribution is 0.0999. The van der Waals surface area contributed by atoms with E-state index in [1.807, 2.05) is 43.5 Å². The van der Waals surface area contributed by atoms with Gasteiger partial charge in [0.25, 0.3) is 0 Å². The largest absolute Gasteiger partial charge is 0.453 e. The first-order valence-corrected chi connectivity index (χ1v) is 9.94. The maximum absolute atomic E-state index is 6.48. The molecule has 5 nitrogen and oxygen atoms in total. The van der Waals surface area contributed by atoms with Crippen LogP contribution < -0.4 is 10.5 Å². The van der Waals surface area contributed by atoms with Crippen molar-refractivity contribution in [1.82, 2.24) is 14.6 Å². The molecule has 1 aromatic carbocycles. The topological polar surface area (TPSA) is 65.4 Å². The first-order valence-electron chi connectivity index (χ1n) is 9.56. The minimum absolute atomic E-state index is 0.0423. The van der Waals surface area contributed by atoms with Crippen molar-refractivity contribution in [3.05, 3.63) is 52.9 Å². The van der Waals surface area contributed by atoms with Crippen molar-refractivity contribution in [1.29, 1.82) is 0 Å². The van der Waals surface area contributed by atoms with Gasteiger partial charge in [-0.25, -0.2) is 0 Å². The predicted octanol–water partition coefficient (Wildman–Crippen LogP) is 4.79. The normalized spacial score (nSPS) is 27.2. The van der Waals surface area contributed by atoms with E-state index in [4.69, 9.17) is 22.1 Å². The Kier molecular flexibility index (Phi) is 3.75. The summed E-state index contributed by atoms with van der Waals surface area (Å²) in [4.78, 5) is 0. The van der Waals surface area contributed by atoms with Gasteiger partial charge in [-0.15, -0.1) is 10.2 Å². The van der Waals surface area contributed by atoms with E-state index in [1.54, 1.807) is 0 Å². The quantitative estimate of drug-likeness (QED) is 0.707. The lowest BCUT2D eigenvalue weighted by Gasteiger charge is -2.50. The van der Waals surface area contributed by atoms with Gasteiger partial charge in [-0.2, -0.15) is 0 Å². The van der Waals surface area contributed by atoms with Crippen LogP contribution in [0.3, 0.4) is 0 Å². The molecule has 0 spiro atoms. The van der Waals surface area contributed by atoms with Crippen LogP contribution in [0.15, 0.2) is 36.5 Å². The molecule has 3 aliphatic carbocycles. The summed E-state index contributed by atoms with van der Waals surface area (Å²) in [6.45, 7) is 1.95. The summed E-state index contributed by atoms with van der Waals surface area (Å²) in [5, 5.41) is 9.80. The minimum atomic E-state index is 0.0423. The zero-order valence-electron chi connectivity index (χ0n) is 15.4. The number of hydrogen-bond acceptors (Lipinski definition) is 4. The Morgan fingerprint density at radius 3 is 2.44 bits per heavy atom. The zero-order chi connectivity index (χ0) is 18.6. The molecule has 0 saturated heterocycles. The molecule has 3 aliphatic rings. The van der Waals surface area contributed by atoms with E-state index in [0.717, 1.165) is 61.3 Å². The molecule has 0 radical (unpaired) electrons. The second kappa shape index (κ2) is 5.94. The van der Waals surface area contributed by atoms with Crippen LogP contribution in [-0.2, 0) is 5.41 Å². The summed E-state index contributed by atoms with van der Waals surface area (Å²) in [7, 11) is 0. The molecule has 3 saturated carbocycles. The fourth-order valence-corrected chi connectivity index (χ4v) is 4.87. The van der Waals surface area contributed by atoms with Crippen molar-refractivity contribution in [2.24, 2.45) is 5.73 Å². The van der Waals surface area contributed by atoms with Crippen LogP contribution >= 0.6 is 11.6 Å². The maximum atomic E-state index is 6.48. The van der Waals surface area contributed by atoms with Gasteiger partial charge in [0.05, 0.1) is 0 Å². The number of nitrogens with zero attached hydrogens (tertiary/aromatic N) is 3. The van der Waals surface area contributed by atoms with Gasteiger partial charge >= 0.3 is 0 Å². The number of ether oxygens (including phenoxy) is 1. The number of rotatable bonds is 3. The molecule has 0 amide bonds. The highest BCUT2D eigenvalue weighted by molar-refractivity contribution is 6.31. The Labute approximate surface area is 163 Å². The van der Waals surface area contributed by atoms with Gasteiger partial charge in [-0.3, -0.25) is 4.40 Å². The van der Waals surface area contributed by atoms with Gasteiger partial charge in [-0.1, -0.05) is 17.7 Å². The highest BCUT2D eigenvalue weighted by Gasteiger charge is 2.49. The predicted molar refractivity (Wildman–Crippen MR) is 106 cm³/mol. The van der Waals surface area contributed by atoms with E-state index < -0.39 is 0 Å². The number of fused-ring (bicyclic) bond motifs is 4. The molecular weight excluding hydrogens is 360 g/mol. The summed E-state index contributed by atoms with van der Waals surface area (Å²) < 4.78 is 8.27. The molecule has 2 N–H and O–H groups in total. The molecule has 0 aliphatic heterocycles. The summed E-state index contributed by atoms with van der Waals surface area (Å²) in [6.07, 6.45) is 8.50. The summed E-state index contributed by atoms with van der Waals surface area (Å²) >= 11 is 6.23. The number of pyridine rings is 1. The maximum Gasteiger partial charge on any atom is 0.203 e. The molecule has 2 heterocycles. The Hall–Kier alpha value is -2.11. The lowest BCUT2D eigenvalue weighted by atomic mass is 9.57. The average molecular weight is 383 g/mol. The minimum Gasteiger partial charge on any atom is -0.453 e. The van der Waals surface area contributed by atoms with Crippen molar-refractivity contribution in [2.45, 2.75) is 56.4 Å². The number of nitrogens with two attached hydrogens (primary N) is 1. The van der Waals surface area contributed by atoms with Crippen molar-refractivity contribution in [3.63, 3.8) is 0 Å². The van der Waals surface area contributed by atoms with Crippen LogP contribution in [-0.4, -0.2) is 20.1 Å². The fraction of sp³-hybridized carbons (Fsp3) is 0.429. The molecule has 2 aromatic heterocycles. The molecular formula is C21H23ClN4O. The molecule has 6 heteroatoms. The number of halogens is 1. The molecule has 3 aromatic rings. The molecule has 6 rings (SSSR count). The molecule has 2 bridgehead atoms. The number of benzene rings is 1. The SMILES string of the molecule is Cc1c(Cl)cccc1Oc1cccn2c(C34CCC(N)(CC3)CC4)nnc12. The van der Waals surface area contributed by atoms with E-state index in [-0.39, 0.29) is 11.0 Å².